The highest BCUT2D eigenvalue weighted by atomic mass is 16.5. The standard InChI is InChI=1S/C23H19N3O3/c1-2-29-23(28)19-15-24-14-18-20(27)13-21(25-16-9-5-3-6-10-16)26(22(18)19)17-11-7-4-8-12-17/h3-15,25H,2H2,1H3. The maximum Gasteiger partial charge on any atom is 0.341 e. The van der Waals surface area contributed by atoms with E-state index < -0.39 is 5.97 Å². The molecule has 4 rings (SSSR count). The van der Waals surface area contributed by atoms with Crippen molar-refractivity contribution in [3.8, 4) is 5.69 Å². The lowest BCUT2D eigenvalue weighted by molar-refractivity contribution is 0.0528. The van der Waals surface area contributed by atoms with Crippen molar-refractivity contribution in [1.29, 1.82) is 0 Å². The van der Waals surface area contributed by atoms with Gasteiger partial charge in [-0.05, 0) is 31.2 Å². The van der Waals surface area contributed by atoms with Crippen LogP contribution in [-0.2, 0) is 4.74 Å². The predicted octanol–water partition coefficient (Wildman–Crippen LogP) is 4.31. The monoisotopic (exact) mass is 385 g/mol. The SMILES string of the molecule is CCOC(=O)c1cncc2c(=O)cc(Nc3ccccc3)n(-c3ccccc3)c12. The van der Waals surface area contributed by atoms with Crippen molar-refractivity contribution >= 4 is 28.4 Å². The summed E-state index contributed by atoms with van der Waals surface area (Å²) in [4.78, 5) is 29.6. The summed E-state index contributed by atoms with van der Waals surface area (Å²) in [7, 11) is 0. The molecule has 2 aromatic heterocycles. The van der Waals surface area contributed by atoms with E-state index in [1.54, 1.807) is 6.92 Å². The van der Waals surface area contributed by atoms with Crippen molar-refractivity contribution in [2.75, 3.05) is 11.9 Å². The molecule has 0 amide bonds. The number of rotatable bonds is 5. The molecule has 0 aliphatic rings. The first-order valence-corrected chi connectivity index (χ1v) is 9.27. The zero-order valence-electron chi connectivity index (χ0n) is 15.8. The molecule has 0 unspecified atom stereocenters. The molecule has 2 aromatic carbocycles. The number of nitrogens with zero attached hydrogens (tertiary/aromatic N) is 2. The fourth-order valence-electron chi connectivity index (χ4n) is 3.23. The molecule has 6 nitrogen and oxygen atoms in total. The molecular formula is C23H19N3O3. The Balaban J connectivity index is 2.06. The number of para-hydroxylation sites is 2. The predicted molar refractivity (Wildman–Crippen MR) is 113 cm³/mol. The Hall–Kier alpha value is -3.93. The van der Waals surface area contributed by atoms with Crippen molar-refractivity contribution in [3.05, 3.63) is 94.9 Å². The van der Waals surface area contributed by atoms with Crippen LogP contribution in [0.4, 0.5) is 11.5 Å². The van der Waals surface area contributed by atoms with Crippen LogP contribution in [0.1, 0.15) is 17.3 Å². The zero-order valence-corrected chi connectivity index (χ0v) is 15.8. The lowest BCUT2D eigenvalue weighted by Crippen LogP contribution is -2.17. The fourth-order valence-corrected chi connectivity index (χ4v) is 3.23. The summed E-state index contributed by atoms with van der Waals surface area (Å²) in [5.41, 5.74) is 2.08. The summed E-state index contributed by atoms with van der Waals surface area (Å²) in [5, 5.41) is 3.64. The number of ether oxygens (including phenoxy) is 1. The van der Waals surface area contributed by atoms with Crippen LogP contribution in [0, 0.1) is 0 Å². The minimum absolute atomic E-state index is 0.229. The van der Waals surface area contributed by atoms with E-state index in [0.29, 0.717) is 16.7 Å². The van der Waals surface area contributed by atoms with Gasteiger partial charge in [-0.2, -0.15) is 0 Å². The molecule has 0 aliphatic carbocycles. The number of nitrogens with one attached hydrogen (secondary N) is 1. The van der Waals surface area contributed by atoms with Crippen molar-refractivity contribution in [2.24, 2.45) is 0 Å². The Morgan fingerprint density at radius 3 is 2.41 bits per heavy atom. The quantitative estimate of drug-likeness (QED) is 0.519. The van der Waals surface area contributed by atoms with Gasteiger partial charge in [0.05, 0.1) is 17.5 Å². The highest BCUT2D eigenvalue weighted by Crippen LogP contribution is 2.27. The van der Waals surface area contributed by atoms with Crippen LogP contribution in [0.25, 0.3) is 16.6 Å². The Morgan fingerprint density at radius 1 is 1.03 bits per heavy atom. The van der Waals surface area contributed by atoms with Gasteiger partial charge in [0.25, 0.3) is 0 Å². The van der Waals surface area contributed by atoms with Crippen molar-refractivity contribution in [1.82, 2.24) is 9.55 Å². The average Bonchev–Trinajstić information content (AvgIpc) is 2.75. The van der Waals surface area contributed by atoms with Crippen LogP contribution in [0.2, 0.25) is 0 Å². The number of hydrogen-bond donors (Lipinski definition) is 1. The number of hydrogen-bond acceptors (Lipinski definition) is 5. The summed E-state index contributed by atoms with van der Waals surface area (Å²) >= 11 is 0. The van der Waals surface area contributed by atoms with Gasteiger partial charge in [0.1, 0.15) is 11.4 Å². The first-order chi connectivity index (χ1) is 14.2. The smallest absolute Gasteiger partial charge is 0.341 e. The van der Waals surface area contributed by atoms with E-state index in [1.165, 1.54) is 18.5 Å². The Labute approximate surface area is 167 Å². The van der Waals surface area contributed by atoms with Crippen molar-refractivity contribution < 1.29 is 9.53 Å². The van der Waals surface area contributed by atoms with E-state index in [-0.39, 0.29) is 17.6 Å². The summed E-state index contributed by atoms with van der Waals surface area (Å²) in [6.45, 7) is 1.97. The molecule has 0 saturated heterocycles. The topological polar surface area (TPSA) is 73.2 Å². The number of aromatic nitrogens is 2. The Kier molecular flexibility index (Phi) is 5.07. The first-order valence-electron chi connectivity index (χ1n) is 9.27. The van der Waals surface area contributed by atoms with Crippen molar-refractivity contribution in [3.63, 3.8) is 0 Å². The van der Waals surface area contributed by atoms with Crippen LogP contribution in [-0.4, -0.2) is 22.1 Å². The van der Waals surface area contributed by atoms with Crippen LogP contribution < -0.4 is 10.7 Å². The van der Waals surface area contributed by atoms with Gasteiger partial charge in [0, 0.05) is 29.8 Å². The van der Waals surface area contributed by atoms with E-state index in [0.717, 1.165) is 11.4 Å². The number of anilines is 2. The molecule has 0 spiro atoms. The second-order valence-electron chi connectivity index (χ2n) is 6.36. The van der Waals surface area contributed by atoms with Crippen LogP contribution in [0.5, 0.6) is 0 Å². The number of benzene rings is 2. The van der Waals surface area contributed by atoms with Crippen molar-refractivity contribution in [2.45, 2.75) is 6.92 Å². The normalized spacial score (nSPS) is 10.7. The fraction of sp³-hybridized carbons (Fsp3) is 0.0870. The highest BCUT2D eigenvalue weighted by Gasteiger charge is 2.19. The number of carbonyl (C=O) groups is 1. The van der Waals surface area contributed by atoms with Gasteiger partial charge < -0.3 is 10.1 Å². The molecule has 4 aromatic rings. The van der Waals surface area contributed by atoms with Gasteiger partial charge in [-0.15, -0.1) is 0 Å². The average molecular weight is 385 g/mol. The Morgan fingerprint density at radius 2 is 1.72 bits per heavy atom. The minimum atomic E-state index is -0.522. The third-order valence-corrected chi connectivity index (χ3v) is 4.47. The number of fused-ring (bicyclic) bond motifs is 1. The van der Waals surface area contributed by atoms with E-state index in [1.807, 2.05) is 65.2 Å². The molecule has 144 valence electrons. The van der Waals surface area contributed by atoms with Gasteiger partial charge in [0.2, 0.25) is 0 Å². The minimum Gasteiger partial charge on any atom is -0.462 e. The third kappa shape index (κ3) is 3.60. The molecule has 29 heavy (non-hydrogen) atoms. The maximum atomic E-state index is 12.9. The second kappa shape index (κ2) is 7.98. The molecule has 0 aliphatic heterocycles. The lowest BCUT2D eigenvalue weighted by atomic mass is 10.1. The molecule has 0 saturated carbocycles. The largest absolute Gasteiger partial charge is 0.462 e. The van der Waals surface area contributed by atoms with Gasteiger partial charge >= 0.3 is 5.97 Å². The zero-order chi connectivity index (χ0) is 20.2. The van der Waals surface area contributed by atoms with E-state index >= 15 is 0 Å². The molecule has 0 radical (unpaired) electrons. The summed E-state index contributed by atoms with van der Waals surface area (Å²) < 4.78 is 7.06. The van der Waals surface area contributed by atoms with E-state index in [4.69, 9.17) is 4.74 Å². The first kappa shape index (κ1) is 18.4. The number of pyridine rings is 2. The molecular weight excluding hydrogens is 366 g/mol. The van der Waals surface area contributed by atoms with Gasteiger partial charge in [0.15, 0.2) is 5.43 Å². The number of carbonyl (C=O) groups excluding carboxylic acids is 1. The van der Waals surface area contributed by atoms with Crippen LogP contribution in [0.15, 0.2) is 83.9 Å². The second-order valence-corrected chi connectivity index (χ2v) is 6.36. The summed E-state index contributed by atoms with van der Waals surface area (Å²) in [6, 6.07) is 20.6. The summed E-state index contributed by atoms with van der Waals surface area (Å²) in [6.07, 6.45) is 2.91. The lowest BCUT2D eigenvalue weighted by Gasteiger charge is -2.19. The molecule has 0 bridgehead atoms. The molecule has 0 fully saturated rings. The van der Waals surface area contributed by atoms with Crippen LogP contribution in [0.3, 0.4) is 0 Å². The molecule has 1 N–H and O–H groups in total. The van der Waals surface area contributed by atoms with Crippen LogP contribution >= 0.6 is 0 Å². The van der Waals surface area contributed by atoms with Gasteiger partial charge in [-0.1, -0.05) is 36.4 Å². The third-order valence-electron chi connectivity index (χ3n) is 4.47. The van der Waals surface area contributed by atoms with Gasteiger partial charge in [-0.25, -0.2) is 4.79 Å². The Bertz CT molecular complexity index is 1220. The maximum absolute atomic E-state index is 12.9. The molecule has 0 atom stereocenters. The number of esters is 1. The van der Waals surface area contributed by atoms with E-state index in [9.17, 15) is 9.59 Å². The summed E-state index contributed by atoms with van der Waals surface area (Å²) in [5.74, 6) is 0.0168. The highest BCUT2D eigenvalue weighted by molar-refractivity contribution is 6.03. The van der Waals surface area contributed by atoms with Gasteiger partial charge in [-0.3, -0.25) is 14.3 Å². The van der Waals surface area contributed by atoms with E-state index in [2.05, 4.69) is 10.3 Å². The molecule has 6 heteroatoms. The molecule has 2 heterocycles.